The second-order valence-electron chi connectivity index (χ2n) is 3.25. The number of hydrogen-bond acceptors (Lipinski definition) is 2. The monoisotopic (exact) mass is 193 g/mol. The summed E-state index contributed by atoms with van der Waals surface area (Å²) in [7, 11) is 0. The molecular weight excluding hydrogens is 180 g/mol. The Labute approximate surface area is 75.3 Å². The standard InChI is InChI=1S/C8H13F2NO2/c9-7(10)8(13)11-3-1-6(5-11)2-4-12/h6-7,12H,1-5H2. The molecule has 0 saturated carbocycles. The number of aliphatic hydroxyl groups is 1. The first-order valence-corrected chi connectivity index (χ1v) is 4.33. The van der Waals surface area contributed by atoms with Crippen molar-refractivity contribution in [3.05, 3.63) is 0 Å². The highest BCUT2D eigenvalue weighted by molar-refractivity contribution is 5.79. The Morgan fingerprint density at radius 3 is 2.85 bits per heavy atom. The molecule has 1 rings (SSSR count). The lowest BCUT2D eigenvalue weighted by Crippen LogP contribution is -2.33. The van der Waals surface area contributed by atoms with E-state index in [0.717, 1.165) is 6.42 Å². The highest BCUT2D eigenvalue weighted by Crippen LogP contribution is 2.20. The Bertz CT molecular complexity index is 187. The summed E-state index contributed by atoms with van der Waals surface area (Å²) in [5, 5.41) is 8.61. The summed E-state index contributed by atoms with van der Waals surface area (Å²) in [6, 6.07) is 0. The number of nitrogens with zero attached hydrogens (tertiary/aromatic N) is 1. The summed E-state index contributed by atoms with van der Waals surface area (Å²) in [6.45, 7) is 0.818. The maximum absolute atomic E-state index is 12.0. The van der Waals surface area contributed by atoms with Gasteiger partial charge in [-0.3, -0.25) is 4.79 Å². The van der Waals surface area contributed by atoms with Crippen molar-refractivity contribution in [2.75, 3.05) is 19.7 Å². The van der Waals surface area contributed by atoms with Gasteiger partial charge in [-0.15, -0.1) is 0 Å². The normalized spacial score (nSPS) is 22.8. The van der Waals surface area contributed by atoms with Crippen LogP contribution in [0.5, 0.6) is 0 Å². The largest absolute Gasteiger partial charge is 0.396 e. The number of likely N-dealkylation sites (tertiary alicyclic amines) is 1. The van der Waals surface area contributed by atoms with Crippen molar-refractivity contribution in [3.8, 4) is 0 Å². The first kappa shape index (κ1) is 10.4. The third kappa shape index (κ3) is 2.62. The van der Waals surface area contributed by atoms with Gasteiger partial charge in [-0.1, -0.05) is 0 Å². The topological polar surface area (TPSA) is 40.5 Å². The molecule has 0 aliphatic carbocycles. The van der Waals surface area contributed by atoms with Gasteiger partial charge in [-0.25, -0.2) is 0 Å². The van der Waals surface area contributed by atoms with Gasteiger partial charge in [0.1, 0.15) is 0 Å². The average molecular weight is 193 g/mol. The fourth-order valence-corrected chi connectivity index (χ4v) is 1.59. The van der Waals surface area contributed by atoms with Gasteiger partial charge < -0.3 is 10.0 Å². The summed E-state index contributed by atoms with van der Waals surface area (Å²) in [4.78, 5) is 12.0. The fraction of sp³-hybridized carbons (Fsp3) is 0.875. The molecule has 0 aromatic heterocycles. The van der Waals surface area contributed by atoms with Crippen molar-refractivity contribution in [3.63, 3.8) is 0 Å². The first-order valence-electron chi connectivity index (χ1n) is 4.33. The first-order chi connectivity index (χ1) is 6.15. The summed E-state index contributed by atoms with van der Waals surface area (Å²) < 4.78 is 23.9. The molecule has 1 unspecified atom stereocenters. The molecule has 1 aliphatic heterocycles. The van der Waals surface area contributed by atoms with Gasteiger partial charge >= 0.3 is 6.43 Å². The van der Waals surface area contributed by atoms with E-state index in [1.54, 1.807) is 0 Å². The van der Waals surface area contributed by atoms with Crippen molar-refractivity contribution in [2.24, 2.45) is 5.92 Å². The van der Waals surface area contributed by atoms with Gasteiger partial charge in [0.25, 0.3) is 5.91 Å². The summed E-state index contributed by atoms with van der Waals surface area (Å²) in [5.74, 6) is -0.895. The molecule has 76 valence electrons. The third-order valence-corrected chi connectivity index (χ3v) is 2.32. The molecule has 13 heavy (non-hydrogen) atoms. The predicted octanol–water partition coefficient (Wildman–Crippen LogP) is 0.482. The Morgan fingerprint density at radius 1 is 1.62 bits per heavy atom. The van der Waals surface area contributed by atoms with Crippen molar-refractivity contribution < 1.29 is 18.7 Å². The van der Waals surface area contributed by atoms with Crippen LogP contribution in [0, 0.1) is 5.92 Å². The van der Waals surface area contributed by atoms with Gasteiger partial charge in [-0.2, -0.15) is 8.78 Å². The summed E-state index contributed by atoms with van der Waals surface area (Å²) in [5.41, 5.74) is 0. The molecule has 0 aromatic carbocycles. The molecular formula is C8H13F2NO2. The van der Waals surface area contributed by atoms with Crippen LogP contribution >= 0.6 is 0 Å². The molecule has 3 nitrogen and oxygen atoms in total. The Morgan fingerprint density at radius 2 is 2.31 bits per heavy atom. The number of amides is 1. The summed E-state index contributed by atoms with van der Waals surface area (Å²) in [6.07, 6.45) is -1.58. The van der Waals surface area contributed by atoms with E-state index in [9.17, 15) is 13.6 Å². The lowest BCUT2D eigenvalue weighted by Gasteiger charge is -2.15. The van der Waals surface area contributed by atoms with E-state index < -0.39 is 12.3 Å². The highest BCUT2D eigenvalue weighted by Gasteiger charge is 2.30. The van der Waals surface area contributed by atoms with Crippen LogP contribution in [0.2, 0.25) is 0 Å². The fourth-order valence-electron chi connectivity index (χ4n) is 1.59. The number of rotatable bonds is 3. The van der Waals surface area contributed by atoms with Crippen LogP contribution in [0.25, 0.3) is 0 Å². The molecule has 0 aromatic rings. The van der Waals surface area contributed by atoms with Gasteiger partial charge in [0.15, 0.2) is 0 Å². The zero-order chi connectivity index (χ0) is 9.84. The van der Waals surface area contributed by atoms with Gasteiger partial charge in [0.05, 0.1) is 0 Å². The van der Waals surface area contributed by atoms with Crippen LogP contribution in [0.15, 0.2) is 0 Å². The Balaban J connectivity index is 2.36. The van der Waals surface area contributed by atoms with E-state index in [-0.39, 0.29) is 12.5 Å². The Kier molecular flexibility index (Phi) is 3.59. The minimum atomic E-state index is -2.90. The number of carbonyl (C=O) groups excluding carboxylic acids is 1. The number of carbonyl (C=O) groups is 1. The van der Waals surface area contributed by atoms with E-state index in [1.807, 2.05) is 0 Å². The highest BCUT2D eigenvalue weighted by atomic mass is 19.3. The molecule has 1 heterocycles. The van der Waals surface area contributed by atoms with E-state index in [2.05, 4.69) is 0 Å². The molecule has 1 atom stereocenters. The number of hydrogen-bond donors (Lipinski definition) is 1. The minimum absolute atomic E-state index is 0.0569. The van der Waals surface area contributed by atoms with Crippen molar-refractivity contribution in [2.45, 2.75) is 19.3 Å². The van der Waals surface area contributed by atoms with E-state index in [0.29, 0.717) is 19.5 Å². The lowest BCUT2D eigenvalue weighted by molar-refractivity contribution is -0.141. The maximum atomic E-state index is 12.0. The molecule has 0 spiro atoms. The number of alkyl halides is 2. The second-order valence-corrected chi connectivity index (χ2v) is 3.25. The molecule has 1 amide bonds. The van der Waals surface area contributed by atoms with Crippen LogP contribution in [0.3, 0.4) is 0 Å². The van der Waals surface area contributed by atoms with Crippen molar-refractivity contribution in [1.82, 2.24) is 4.90 Å². The van der Waals surface area contributed by atoms with Crippen LogP contribution in [-0.2, 0) is 4.79 Å². The molecule has 1 N–H and O–H groups in total. The second kappa shape index (κ2) is 4.50. The maximum Gasteiger partial charge on any atom is 0.315 e. The average Bonchev–Trinajstić information content (AvgIpc) is 2.52. The molecule has 1 saturated heterocycles. The van der Waals surface area contributed by atoms with E-state index in [4.69, 9.17) is 5.11 Å². The minimum Gasteiger partial charge on any atom is -0.396 e. The van der Waals surface area contributed by atoms with Crippen molar-refractivity contribution >= 4 is 5.91 Å². The van der Waals surface area contributed by atoms with E-state index in [1.165, 1.54) is 4.90 Å². The predicted molar refractivity (Wildman–Crippen MR) is 42.4 cm³/mol. The quantitative estimate of drug-likeness (QED) is 0.708. The van der Waals surface area contributed by atoms with Gasteiger partial charge in [-0.05, 0) is 18.8 Å². The Hall–Kier alpha value is -0.710. The summed E-state index contributed by atoms with van der Waals surface area (Å²) >= 11 is 0. The molecule has 1 aliphatic rings. The zero-order valence-electron chi connectivity index (χ0n) is 7.25. The number of aliphatic hydroxyl groups excluding tert-OH is 1. The van der Waals surface area contributed by atoms with Crippen LogP contribution in [0.4, 0.5) is 8.78 Å². The number of halogens is 2. The van der Waals surface area contributed by atoms with E-state index >= 15 is 0 Å². The zero-order valence-corrected chi connectivity index (χ0v) is 7.25. The third-order valence-electron chi connectivity index (χ3n) is 2.32. The lowest BCUT2D eigenvalue weighted by atomic mass is 10.1. The molecule has 0 radical (unpaired) electrons. The van der Waals surface area contributed by atoms with Crippen LogP contribution < -0.4 is 0 Å². The molecule has 1 fully saturated rings. The van der Waals surface area contributed by atoms with Crippen LogP contribution in [-0.4, -0.2) is 42.0 Å². The van der Waals surface area contributed by atoms with Crippen molar-refractivity contribution in [1.29, 1.82) is 0 Å². The van der Waals surface area contributed by atoms with Gasteiger partial charge in [0, 0.05) is 19.7 Å². The SMILES string of the molecule is O=C(C(F)F)N1CCC(CCO)C1. The van der Waals surface area contributed by atoms with Crippen LogP contribution in [0.1, 0.15) is 12.8 Å². The smallest absolute Gasteiger partial charge is 0.315 e. The molecule has 0 bridgehead atoms. The molecule has 5 heteroatoms. The van der Waals surface area contributed by atoms with Gasteiger partial charge in [0.2, 0.25) is 0 Å².